The predicted molar refractivity (Wildman–Crippen MR) is 125 cm³/mol. The minimum atomic E-state index is -0.551. The van der Waals surface area contributed by atoms with E-state index >= 15 is 0 Å². The molecule has 1 heterocycles. The van der Waals surface area contributed by atoms with Crippen molar-refractivity contribution < 1.29 is 19.1 Å². The molecule has 1 unspecified atom stereocenters. The molecule has 1 aliphatic heterocycles. The fourth-order valence-corrected chi connectivity index (χ4v) is 3.59. The lowest BCUT2D eigenvalue weighted by Gasteiger charge is -2.22. The number of nitrogens with one attached hydrogen (secondary N) is 1. The molecule has 1 aliphatic rings. The maximum atomic E-state index is 13.0. The second kappa shape index (κ2) is 10.4. The van der Waals surface area contributed by atoms with Crippen molar-refractivity contribution in [2.75, 3.05) is 13.1 Å². The van der Waals surface area contributed by atoms with Crippen molar-refractivity contribution in [1.29, 1.82) is 0 Å². The first-order valence-corrected chi connectivity index (χ1v) is 10.9. The number of benzene rings is 2. The fraction of sp³-hybridized carbons (Fsp3) is 0.385. The molecule has 1 atom stereocenters. The van der Waals surface area contributed by atoms with E-state index in [9.17, 15) is 9.59 Å². The first-order chi connectivity index (χ1) is 15.2. The van der Waals surface area contributed by atoms with E-state index in [0.717, 1.165) is 16.7 Å². The number of ether oxygens (including phenoxy) is 2. The molecule has 0 radical (unpaired) electrons. The number of nitrogens with zero attached hydrogens (tertiary/aromatic N) is 1. The number of alkyl carbamates (subject to hydrolysis) is 1. The van der Waals surface area contributed by atoms with Crippen LogP contribution in [0.1, 0.15) is 43.9 Å². The van der Waals surface area contributed by atoms with Crippen LogP contribution in [-0.2, 0) is 22.6 Å². The van der Waals surface area contributed by atoms with Gasteiger partial charge < -0.3 is 19.7 Å². The largest absolute Gasteiger partial charge is 0.489 e. The van der Waals surface area contributed by atoms with Crippen molar-refractivity contribution in [1.82, 2.24) is 10.2 Å². The van der Waals surface area contributed by atoms with E-state index < -0.39 is 11.7 Å². The molecule has 3 rings (SSSR count). The lowest BCUT2D eigenvalue weighted by atomic mass is 10.1. The predicted octanol–water partition coefficient (Wildman–Crippen LogP) is 4.58. The third kappa shape index (κ3) is 6.87. The van der Waals surface area contributed by atoms with Crippen LogP contribution in [0.15, 0.2) is 55.1 Å². The number of hydrogen-bond donors (Lipinski definition) is 1. The minimum absolute atomic E-state index is 0.00395. The summed E-state index contributed by atoms with van der Waals surface area (Å²) in [6.07, 6.45) is 2.23. The van der Waals surface area contributed by atoms with Gasteiger partial charge in [0.1, 0.15) is 18.0 Å². The Balaban J connectivity index is 1.61. The van der Waals surface area contributed by atoms with Gasteiger partial charge in [-0.15, -0.1) is 0 Å². The zero-order valence-electron chi connectivity index (χ0n) is 19.1. The summed E-state index contributed by atoms with van der Waals surface area (Å²) in [4.78, 5) is 26.8. The van der Waals surface area contributed by atoms with Crippen LogP contribution in [0, 0.1) is 0 Å². The third-order valence-electron chi connectivity index (χ3n) is 5.16. The number of hydrogen-bond acceptors (Lipinski definition) is 4. The smallest absolute Gasteiger partial charge is 0.407 e. The molecular formula is C26H32N2O4. The van der Waals surface area contributed by atoms with Crippen molar-refractivity contribution >= 4 is 18.1 Å². The Bertz CT molecular complexity index is 950. The maximum Gasteiger partial charge on any atom is 0.407 e. The highest BCUT2D eigenvalue weighted by atomic mass is 16.6. The molecule has 170 valence electrons. The Kier molecular flexibility index (Phi) is 7.57. The molecule has 0 bridgehead atoms. The van der Waals surface area contributed by atoms with Crippen LogP contribution in [0.25, 0.3) is 6.08 Å². The number of carbonyl (C=O) groups is 2. The van der Waals surface area contributed by atoms with Crippen LogP contribution in [0.5, 0.6) is 5.75 Å². The number of likely N-dealkylation sites (tertiary alicyclic amines) is 1. The molecule has 6 nitrogen and oxygen atoms in total. The molecule has 1 fully saturated rings. The minimum Gasteiger partial charge on any atom is -0.489 e. The SMILES string of the molecule is C=Cc1ccc(OCc2ccccc2)c(CC(=O)N2CCC(NC(=O)OC(C)(C)C)C2)c1. The summed E-state index contributed by atoms with van der Waals surface area (Å²) in [5.41, 5.74) is 2.27. The Morgan fingerprint density at radius 1 is 1.19 bits per heavy atom. The van der Waals surface area contributed by atoms with Crippen molar-refractivity contribution in [3.63, 3.8) is 0 Å². The lowest BCUT2D eigenvalue weighted by molar-refractivity contribution is -0.129. The van der Waals surface area contributed by atoms with E-state index in [1.54, 1.807) is 11.0 Å². The number of amides is 2. The lowest BCUT2D eigenvalue weighted by Crippen LogP contribution is -2.41. The number of carbonyl (C=O) groups excluding carboxylic acids is 2. The molecule has 6 heteroatoms. The van der Waals surface area contributed by atoms with Gasteiger partial charge in [-0.25, -0.2) is 4.79 Å². The van der Waals surface area contributed by atoms with Crippen LogP contribution in [0.4, 0.5) is 4.79 Å². The van der Waals surface area contributed by atoms with Gasteiger partial charge >= 0.3 is 6.09 Å². The summed E-state index contributed by atoms with van der Waals surface area (Å²) >= 11 is 0. The highest BCUT2D eigenvalue weighted by Gasteiger charge is 2.29. The van der Waals surface area contributed by atoms with Gasteiger partial charge in [0.15, 0.2) is 0 Å². The first kappa shape index (κ1) is 23.4. The van der Waals surface area contributed by atoms with Gasteiger partial charge in [-0.05, 0) is 50.5 Å². The van der Waals surface area contributed by atoms with Crippen LogP contribution < -0.4 is 10.1 Å². The Hall–Kier alpha value is -3.28. The van der Waals surface area contributed by atoms with E-state index in [2.05, 4.69) is 11.9 Å². The zero-order chi connectivity index (χ0) is 23.1. The average molecular weight is 437 g/mol. The molecule has 1 N–H and O–H groups in total. The summed E-state index contributed by atoms with van der Waals surface area (Å²) in [6, 6.07) is 15.6. The summed E-state index contributed by atoms with van der Waals surface area (Å²) in [5.74, 6) is 0.694. The molecule has 2 aromatic rings. The summed E-state index contributed by atoms with van der Waals surface area (Å²) in [7, 11) is 0. The highest BCUT2D eigenvalue weighted by Crippen LogP contribution is 2.24. The van der Waals surface area contributed by atoms with Gasteiger partial charge in [-0.1, -0.05) is 49.1 Å². The fourth-order valence-electron chi connectivity index (χ4n) is 3.59. The van der Waals surface area contributed by atoms with Crippen molar-refractivity contribution in [2.24, 2.45) is 0 Å². The van der Waals surface area contributed by atoms with Gasteiger partial charge in [0.05, 0.1) is 12.5 Å². The van der Waals surface area contributed by atoms with Gasteiger partial charge in [-0.2, -0.15) is 0 Å². The maximum absolute atomic E-state index is 13.0. The molecule has 2 amide bonds. The molecule has 0 spiro atoms. The zero-order valence-corrected chi connectivity index (χ0v) is 19.1. The van der Waals surface area contributed by atoms with Crippen LogP contribution in [0.2, 0.25) is 0 Å². The van der Waals surface area contributed by atoms with Crippen LogP contribution in [0.3, 0.4) is 0 Å². The van der Waals surface area contributed by atoms with Crippen LogP contribution >= 0.6 is 0 Å². The summed E-state index contributed by atoms with van der Waals surface area (Å²) < 4.78 is 11.3. The molecule has 0 aliphatic carbocycles. The van der Waals surface area contributed by atoms with Crippen molar-refractivity contribution in [2.45, 2.75) is 51.9 Å². The quantitative estimate of drug-likeness (QED) is 0.690. The van der Waals surface area contributed by atoms with E-state index in [0.29, 0.717) is 31.9 Å². The Morgan fingerprint density at radius 3 is 2.62 bits per heavy atom. The van der Waals surface area contributed by atoms with Crippen molar-refractivity contribution in [3.8, 4) is 5.75 Å². The van der Waals surface area contributed by atoms with E-state index in [1.807, 2.05) is 69.3 Å². The van der Waals surface area contributed by atoms with E-state index in [1.165, 1.54) is 0 Å². The summed E-state index contributed by atoms with van der Waals surface area (Å²) in [5, 5.41) is 2.86. The normalized spacial score (nSPS) is 15.8. The molecular weight excluding hydrogens is 404 g/mol. The van der Waals surface area contributed by atoms with E-state index in [-0.39, 0.29) is 18.4 Å². The Morgan fingerprint density at radius 2 is 1.94 bits per heavy atom. The molecule has 32 heavy (non-hydrogen) atoms. The second-order valence-corrected chi connectivity index (χ2v) is 8.99. The van der Waals surface area contributed by atoms with Gasteiger partial charge in [0.25, 0.3) is 0 Å². The highest BCUT2D eigenvalue weighted by molar-refractivity contribution is 5.80. The average Bonchev–Trinajstić information content (AvgIpc) is 3.20. The topological polar surface area (TPSA) is 67.9 Å². The molecule has 2 aromatic carbocycles. The summed E-state index contributed by atoms with van der Waals surface area (Å²) in [6.45, 7) is 10.8. The third-order valence-corrected chi connectivity index (χ3v) is 5.16. The van der Waals surface area contributed by atoms with E-state index in [4.69, 9.17) is 9.47 Å². The van der Waals surface area contributed by atoms with Gasteiger partial charge in [0, 0.05) is 18.7 Å². The molecule has 0 saturated carbocycles. The Labute approximate surface area is 190 Å². The standard InChI is InChI=1S/C26H32N2O4/c1-5-19-11-12-23(31-18-20-9-7-6-8-10-20)21(15-19)16-24(29)28-14-13-22(17-28)27-25(30)32-26(2,3)4/h5-12,15,22H,1,13-14,16-18H2,2-4H3,(H,27,30). The monoisotopic (exact) mass is 436 g/mol. The molecule has 0 aromatic heterocycles. The second-order valence-electron chi connectivity index (χ2n) is 8.99. The van der Waals surface area contributed by atoms with Gasteiger partial charge in [-0.3, -0.25) is 4.79 Å². The van der Waals surface area contributed by atoms with Crippen LogP contribution in [-0.4, -0.2) is 41.6 Å². The molecule has 1 saturated heterocycles. The first-order valence-electron chi connectivity index (χ1n) is 10.9. The number of rotatable bonds is 7. The van der Waals surface area contributed by atoms with Crippen molar-refractivity contribution in [3.05, 3.63) is 71.8 Å². The van der Waals surface area contributed by atoms with Gasteiger partial charge in [0.2, 0.25) is 5.91 Å².